The fourth-order valence-corrected chi connectivity index (χ4v) is 5.03. The van der Waals surface area contributed by atoms with Gasteiger partial charge >= 0.3 is 0 Å². The van der Waals surface area contributed by atoms with Crippen molar-refractivity contribution in [2.75, 3.05) is 0 Å². The van der Waals surface area contributed by atoms with Crippen LogP contribution in [-0.2, 0) is 4.79 Å². The van der Waals surface area contributed by atoms with Crippen molar-refractivity contribution in [1.29, 1.82) is 0 Å². The third-order valence-electron chi connectivity index (χ3n) is 7.18. The lowest BCUT2D eigenvalue weighted by atomic mass is 9.61. The van der Waals surface area contributed by atoms with Gasteiger partial charge in [0.25, 0.3) is 0 Å². The summed E-state index contributed by atoms with van der Waals surface area (Å²) < 4.78 is 0. The molecule has 3 rings (SSSR count). The Bertz CT molecular complexity index is 542. The topological polar surface area (TPSA) is 57.5 Å². The zero-order valence-corrected chi connectivity index (χ0v) is 17.0. The molecule has 3 nitrogen and oxygen atoms in total. The second kappa shape index (κ2) is 9.52. The van der Waals surface area contributed by atoms with Crippen LogP contribution in [-0.4, -0.2) is 28.2 Å². The van der Waals surface area contributed by atoms with Crippen LogP contribution in [0.1, 0.15) is 84.0 Å². The predicted octanol–water partition coefficient (Wildman–Crippen LogP) is 4.97. The van der Waals surface area contributed by atoms with Crippen LogP contribution in [0.2, 0.25) is 0 Å². The molecule has 0 spiro atoms. The summed E-state index contributed by atoms with van der Waals surface area (Å²) in [7, 11) is 0. The number of hydrogen-bond acceptors (Lipinski definition) is 3. The molecule has 3 aliphatic carbocycles. The minimum Gasteiger partial charge on any atom is -0.392 e. The summed E-state index contributed by atoms with van der Waals surface area (Å²) in [6.45, 7) is 2.18. The van der Waals surface area contributed by atoms with E-state index in [4.69, 9.17) is 0 Å². The van der Waals surface area contributed by atoms with Crippen molar-refractivity contribution in [2.45, 2.75) is 96.2 Å². The number of carbonyl (C=O) groups is 1. The average molecular weight is 375 g/mol. The Morgan fingerprint density at radius 3 is 2.63 bits per heavy atom. The number of aliphatic hydroxyl groups is 2. The number of carbonyl (C=O) groups excluding carboxylic acids is 1. The Hall–Kier alpha value is -0.930. The Balaban J connectivity index is 1.51. The van der Waals surface area contributed by atoms with E-state index in [0.717, 1.165) is 31.6 Å². The number of ketones is 1. The van der Waals surface area contributed by atoms with Gasteiger partial charge in [0, 0.05) is 18.3 Å². The zero-order chi connectivity index (χ0) is 19.3. The van der Waals surface area contributed by atoms with Gasteiger partial charge in [-0.25, -0.2) is 0 Å². The highest BCUT2D eigenvalue weighted by Crippen LogP contribution is 2.53. The molecule has 4 atom stereocenters. The smallest absolute Gasteiger partial charge is 0.139 e. The lowest BCUT2D eigenvalue weighted by Gasteiger charge is -2.46. The molecule has 1 unspecified atom stereocenters. The Morgan fingerprint density at radius 2 is 2.00 bits per heavy atom. The summed E-state index contributed by atoms with van der Waals surface area (Å²) in [4.78, 5) is 12.3. The Kier molecular flexibility index (Phi) is 7.33. The van der Waals surface area contributed by atoms with Crippen LogP contribution in [0, 0.1) is 23.2 Å². The van der Waals surface area contributed by atoms with Crippen LogP contribution in [0.15, 0.2) is 24.3 Å². The lowest BCUT2D eigenvalue weighted by Crippen LogP contribution is -2.41. The molecule has 0 aromatic carbocycles. The molecule has 3 saturated carbocycles. The molecule has 0 aromatic rings. The predicted molar refractivity (Wildman–Crippen MR) is 109 cm³/mol. The first kappa shape index (κ1) is 20.8. The molecule has 0 aromatic heterocycles. The minimum atomic E-state index is -0.566. The first-order valence-electron chi connectivity index (χ1n) is 11.3. The summed E-state index contributed by atoms with van der Waals surface area (Å²) in [5.74, 6) is 0.834. The first-order valence-corrected chi connectivity index (χ1v) is 11.3. The highest BCUT2D eigenvalue weighted by atomic mass is 16.3. The van der Waals surface area contributed by atoms with Crippen LogP contribution in [0.4, 0.5) is 0 Å². The van der Waals surface area contributed by atoms with Gasteiger partial charge in [-0.1, -0.05) is 63.3 Å². The van der Waals surface area contributed by atoms with E-state index in [2.05, 4.69) is 19.1 Å². The fraction of sp³-hybridized carbons (Fsp3) is 0.792. The van der Waals surface area contributed by atoms with Gasteiger partial charge in [0.05, 0.1) is 12.2 Å². The molecule has 3 fully saturated rings. The Morgan fingerprint density at radius 1 is 1.22 bits per heavy atom. The molecule has 0 saturated heterocycles. The van der Waals surface area contributed by atoms with Gasteiger partial charge in [0.1, 0.15) is 5.78 Å². The van der Waals surface area contributed by atoms with E-state index in [1.165, 1.54) is 38.5 Å². The van der Waals surface area contributed by atoms with Crippen LogP contribution in [0.3, 0.4) is 0 Å². The minimum absolute atomic E-state index is 0.0960. The van der Waals surface area contributed by atoms with Gasteiger partial charge in [0.15, 0.2) is 0 Å². The fourth-order valence-electron chi connectivity index (χ4n) is 5.03. The van der Waals surface area contributed by atoms with E-state index in [-0.39, 0.29) is 35.6 Å². The first-order chi connectivity index (χ1) is 13.1. The molecule has 0 radical (unpaired) electrons. The molecule has 27 heavy (non-hydrogen) atoms. The van der Waals surface area contributed by atoms with Crippen molar-refractivity contribution in [1.82, 2.24) is 0 Å². The highest BCUT2D eigenvalue weighted by Gasteiger charge is 2.46. The van der Waals surface area contributed by atoms with Crippen molar-refractivity contribution < 1.29 is 15.0 Å². The van der Waals surface area contributed by atoms with Crippen molar-refractivity contribution in [3.63, 3.8) is 0 Å². The SMILES string of the molecule is CCCC/C=C\C[C@H]1C(=O)C[C@@H](O)[C@@H]1/C=C/CC(O)C1(CC2CC2)CCC1. The van der Waals surface area contributed by atoms with E-state index in [9.17, 15) is 15.0 Å². The quantitative estimate of drug-likeness (QED) is 0.397. The summed E-state index contributed by atoms with van der Waals surface area (Å²) in [6.07, 6.45) is 20.0. The second-order valence-corrected chi connectivity index (χ2v) is 9.31. The number of aliphatic hydroxyl groups excluding tert-OH is 2. The normalized spacial score (nSPS) is 31.7. The highest BCUT2D eigenvalue weighted by molar-refractivity contribution is 5.84. The van der Waals surface area contributed by atoms with Crippen molar-refractivity contribution in [3.8, 4) is 0 Å². The maximum absolute atomic E-state index is 12.3. The van der Waals surface area contributed by atoms with E-state index < -0.39 is 6.10 Å². The van der Waals surface area contributed by atoms with Crippen LogP contribution >= 0.6 is 0 Å². The van der Waals surface area contributed by atoms with Crippen LogP contribution in [0.25, 0.3) is 0 Å². The number of rotatable bonds is 11. The maximum atomic E-state index is 12.3. The Labute approximate surface area is 164 Å². The largest absolute Gasteiger partial charge is 0.392 e. The average Bonchev–Trinajstić information content (AvgIpc) is 3.38. The van der Waals surface area contributed by atoms with Gasteiger partial charge in [-0.15, -0.1) is 0 Å². The molecule has 3 heteroatoms. The maximum Gasteiger partial charge on any atom is 0.139 e. The molecule has 2 N–H and O–H groups in total. The number of allylic oxidation sites excluding steroid dienone is 2. The summed E-state index contributed by atoms with van der Waals surface area (Å²) in [5.41, 5.74) is 0.150. The number of hydrogen-bond donors (Lipinski definition) is 2. The van der Waals surface area contributed by atoms with Crippen LogP contribution < -0.4 is 0 Å². The van der Waals surface area contributed by atoms with Crippen molar-refractivity contribution in [2.24, 2.45) is 23.2 Å². The monoisotopic (exact) mass is 374 g/mol. The number of Topliss-reactive ketones (excluding diaryl/α,β-unsaturated/α-hetero) is 1. The van der Waals surface area contributed by atoms with E-state index in [1.807, 2.05) is 12.2 Å². The van der Waals surface area contributed by atoms with Gasteiger partial charge in [0.2, 0.25) is 0 Å². The van der Waals surface area contributed by atoms with Gasteiger partial charge < -0.3 is 10.2 Å². The molecule has 0 aliphatic heterocycles. The zero-order valence-electron chi connectivity index (χ0n) is 17.0. The second-order valence-electron chi connectivity index (χ2n) is 9.31. The third-order valence-corrected chi connectivity index (χ3v) is 7.18. The lowest BCUT2D eigenvalue weighted by molar-refractivity contribution is -0.121. The summed E-state index contributed by atoms with van der Waals surface area (Å²) in [6, 6.07) is 0. The van der Waals surface area contributed by atoms with Crippen molar-refractivity contribution >= 4 is 5.78 Å². The molecule has 3 aliphatic rings. The van der Waals surface area contributed by atoms with Crippen molar-refractivity contribution in [3.05, 3.63) is 24.3 Å². The molecule has 0 heterocycles. The van der Waals surface area contributed by atoms with Crippen LogP contribution in [0.5, 0.6) is 0 Å². The van der Waals surface area contributed by atoms with Gasteiger partial charge in [-0.2, -0.15) is 0 Å². The standard InChI is InChI=1S/C24H38O3/c1-2-3-4-5-6-9-19-20(22(26)16-21(19)25)10-7-11-23(27)24(14-8-15-24)17-18-12-13-18/h5-7,10,18-20,22-23,26-27H,2-4,8-9,11-17H2,1H3/b6-5-,10-7+/t19-,20-,22-,23?/m1/s1. The molecule has 152 valence electrons. The summed E-state index contributed by atoms with van der Waals surface area (Å²) in [5, 5.41) is 21.1. The summed E-state index contributed by atoms with van der Waals surface area (Å²) >= 11 is 0. The third kappa shape index (κ3) is 5.32. The number of unbranched alkanes of at least 4 members (excludes halogenated alkanes) is 2. The molecule has 0 bridgehead atoms. The van der Waals surface area contributed by atoms with Gasteiger partial charge in [-0.3, -0.25) is 4.79 Å². The van der Waals surface area contributed by atoms with E-state index >= 15 is 0 Å². The van der Waals surface area contributed by atoms with E-state index in [1.54, 1.807) is 0 Å². The van der Waals surface area contributed by atoms with E-state index in [0.29, 0.717) is 6.42 Å². The molecule has 0 amide bonds. The molecular formula is C24H38O3. The molecular weight excluding hydrogens is 336 g/mol. The van der Waals surface area contributed by atoms with Gasteiger partial charge in [-0.05, 0) is 49.9 Å².